The third kappa shape index (κ3) is 5.40. The van der Waals surface area contributed by atoms with Gasteiger partial charge >= 0.3 is 12.2 Å². The first-order valence-corrected chi connectivity index (χ1v) is 8.16. The van der Waals surface area contributed by atoms with Crippen LogP contribution < -0.4 is 10.6 Å². The minimum Gasteiger partial charge on any atom is -0.393 e. The normalized spacial score (nSPS) is 22.7. The summed E-state index contributed by atoms with van der Waals surface area (Å²) in [5, 5.41) is 14.9. The van der Waals surface area contributed by atoms with E-state index in [1.165, 1.54) is 12.1 Å². The average Bonchev–Trinajstić information content (AvgIpc) is 2.49. The van der Waals surface area contributed by atoms with Crippen LogP contribution in [0, 0.1) is 0 Å². The van der Waals surface area contributed by atoms with Crippen molar-refractivity contribution in [3.63, 3.8) is 0 Å². The van der Waals surface area contributed by atoms with Gasteiger partial charge in [0.05, 0.1) is 11.7 Å². The molecule has 2 amide bonds. The van der Waals surface area contributed by atoms with Crippen LogP contribution in [0.15, 0.2) is 24.3 Å². The number of carbonyl (C=O) groups excluding carboxylic acids is 1. The Morgan fingerprint density at radius 2 is 1.88 bits per heavy atom. The van der Waals surface area contributed by atoms with Gasteiger partial charge in [0.2, 0.25) is 0 Å². The molecule has 4 nitrogen and oxygen atoms in total. The van der Waals surface area contributed by atoms with E-state index in [0.717, 1.165) is 6.07 Å². The highest BCUT2D eigenvalue weighted by Gasteiger charge is 2.33. The lowest BCUT2D eigenvalue weighted by Crippen LogP contribution is -2.47. The zero-order valence-electron chi connectivity index (χ0n) is 13.6. The topological polar surface area (TPSA) is 61.4 Å². The molecular formula is C17H23F3N2O2. The van der Waals surface area contributed by atoms with Crippen molar-refractivity contribution in [3.8, 4) is 0 Å². The van der Waals surface area contributed by atoms with Crippen LogP contribution in [0.25, 0.3) is 0 Å². The Morgan fingerprint density at radius 3 is 2.50 bits per heavy atom. The van der Waals surface area contributed by atoms with E-state index in [4.69, 9.17) is 0 Å². The van der Waals surface area contributed by atoms with E-state index < -0.39 is 17.8 Å². The molecule has 1 atom stereocenters. The van der Waals surface area contributed by atoms with Crippen molar-refractivity contribution in [1.29, 1.82) is 0 Å². The number of hydrogen-bond donors (Lipinski definition) is 3. The molecule has 0 bridgehead atoms. The summed E-state index contributed by atoms with van der Waals surface area (Å²) in [5.41, 5.74) is -0.501. The van der Waals surface area contributed by atoms with Gasteiger partial charge in [-0.3, -0.25) is 0 Å². The molecule has 0 saturated heterocycles. The van der Waals surface area contributed by atoms with Gasteiger partial charge in [-0.1, -0.05) is 18.2 Å². The second kappa shape index (κ2) is 7.88. The Labute approximate surface area is 139 Å². The number of aliphatic hydroxyl groups is 1. The fraction of sp³-hybridized carbons (Fsp3) is 0.588. The molecule has 2 rings (SSSR count). The molecule has 0 spiro atoms. The van der Waals surface area contributed by atoms with Gasteiger partial charge in [0.1, 0.15) is 0 Å². The van der Waals surface area contributed by atoms with Crippen molar-refractivity contribution in [2.75, 3.05) is 0 Å². The smallest absolute Gasteiger partial charge is 0.393 e. The zero-order chi connectivity index (χ0) is 17.7. The molecular weight excluding hydrogens is 321 g/mol. The van der Waals surface area contributed by atoms with Crippen molar-refractivity contribution < 1.29 is 23.1 Å². The third-order valence-corrected chi connectivity index (χ3v) is 4.26. The van der Waals surface area contributed by atoms with Crippen LogP contribution in [0.2, 0.25) is 0 Å². The molecule has 0 aromatic heterocycles. The van der Waals surface area contributed by atoms with E-state index in [1.54, 1.807) is 13.0 Å². The number of alkyl halides is 3. The fourth-order valence-corrected chi connectivity index (χ4v) is 3.03. The van der Waals surface area contributed by atoms with E-state index in [2.05, 4.69) is 10.6 Å². The number of rotatable bonds is 4. The summed E-state index contributed by atoms with van der Waals surface area (Å²) in [6.07, 6.45) is -1.88. The Morgan fingerprint density at radius 1 is 1.25 bits per heavy atom. The minimum atomic E-state index is -4.40. The highest BCUT2D eigenvalue weighted by atomic mass is 19.4. The van der Waals surface area contributed by atoms with Crippen molar-refractivity contribution >= 4 is 6.03 Å². The second-order valence-electron chi connectivity index (χ2n) is 6.38. The summed E-state index contributed by atoms with van der Waals surface area (Å²) in [6.45, 7) is 1.68. The second-order valence-corrected chi connectivity index (χ2v) is 6.38. The highest BCUT2D eigenvalue weighted by molar-refractivity contribution is 5.74. The maximum atomic E-state index is 13.0. The van der Waals surface area contributed by atoms with Crippen molar-refractivity contribution in [2.24, 2.45) is 0 Å². The van der Waals surface area contributed by atoms with Gasteiger partial charge in [0.15, 0.2) is 0 Å². The first-order chi connectivity index (χ1) is 11.3. The van der Waals surface area contributed by atoms with E-state index >= 15 is 0 Å². The Bertz CT molecular complexity index is 555. The fourth-order valence-electron chi connectivity index (χ4n) is 3.03. The van der Waals surface area contributed by atoms with Crippen LogP contribution in [-0.2, 0) is 12.6 Å². The van der Waals surface area contributed by atoms with Gasteiger partial charge in [-0.15, -0.1) is 0 Å². The number of nitrogens with one attached hydrogen (secondary N) is 2. The lowest BCUT2D eigenvalue weighted by atomic mass is 9.93. The van der Waals surface area contributed by atoms with Crippen LogP contribution in [0.1, 0.15) is 43.7 Å². The summed E-state index contributed by atoms with van der Waals surface area (Å²) in [4.78, 5) is 12.0. The van der Waals surface area contributed by atoms with Crippen molar-refractivity contribution in [2.45, 2.75) is 63.4 Å². The van der Waals surface area contributed by atoms with Crippen LogP contribution in [-0.4, -0.2) is 29.3 Å². The molecule has 1 fully saturated rings. The molecule has 24 heavy (non-hydrogen) atoms. The molecule has 1 saturated carbocycles. The summed E-state index contributed by atoms with van der Waals surface area (Å²) >= 11 is 0. The van der Waals surface area contributed by atoms with Gasteiger partial charge < -0.3 is 15.7 Å². The molecule has 134 valence electrons. The molecule has 7 heteroatoms. The molecule has 1 unspecified atom stereocenters. The minimum absolute atomic E-state index is 0.00283. The van der Waals surface area contributed by atoms with Gasteiger partial charge in [0, 0.05) is 12.1 Å². The monoisotopic (exact) mass is 344 g/mol. The average molecular weight is 344 g/mol. The maximum Gasteiger partial charge on any atom is 0.416 e. The van der Waals surface area contributed by atoms with Gasteiger partial charge in [-0.25, -0.2) is 4.79 Å². The van der Waals surface area contributed by atoms with E-state index in [9.17, 15) is 23.1 Å². The molecule has 0 aliphatic heterocycles. The summed E-state index contributed by atoms with van der Waals surface area (Å²) in [7, 11) is 0. The number of aliphatic hydroxyl groups excluding tert-OH is 1. The SMILES string of the molecule is CC(Cc1ccccc1C(F)(F)F)NC(=O)NC1CCC(O)CC1. The summed E-state index contributed by atoms with van der Waals surface area (Å²) in [6, 6.07) is 4.59. The molecule has 1 aliphatic rings. The maximum absolute atomic E-state index is 13.0. The molecule has 1 aromatic carbocycles. The quantitative estimate of drug-likeness (QED) is 0.785. The zero-order valence-corrected chi connectivity index (χ0v) is 13.6. The molecule has 0 radical (unpaired) electrons. The van der Waals surface area contributed by atoms with Gasteiger partial charge in [0.25, 0.3) is 0 Å². The van der Waals surface area contributed by atoms with E-state index in [0.29, 0.717) is 25.7 Å². The number of urea groups is 1. The van der Waals surface area contributed by atoms with Gasteiger partial charge in [-0.2, -0.15) is 13.2 Å². The summed E-state index contributed by atoms with van der Waals surface area (Å²) < 4.78 is 38.9. The number of carbonyl (C=O) groups is 1. The van der Waals surface area contributed by atoms with E-state index in [1.807, 2.05) is 0 Å². The van der Waals surface area contributed by atoms with Crippen molar-refractivity contribution in [1.82, 2.24) is 10.6 Å². The number of benzene rings is 1. The Kier molecular flexibility index (Phi) is 6.10. The largest absolute Gasteiger partial charge is 0.416 e. The highest BCUT2D eigenvalue weighted by Crippen LogP contribution is 2.32. The summed E-state index contributed by atoms with van der Waals surface area (Å²) in [5.74, 6) is 0. The van der Waals surface area contributed by atoms with Crippen LogP contribution in [0.5, 0.6) is 0 Å². The predicted octanol–water partition coefficient (Wildman–Crippen LogP) is 3.24. The Hall–Kier alpha value is -1.76. The molecule has 0 heterocycles. The van der Waals surface area contributed by atoms with Crippen LogP contribution in [0.3, 0.4) is 0 Å². The van der Waals surface area contributed by atoms with E-state index in [-0.39, 0.29) is 30.2 Å². The molecule has 3 N–H and O–H groups in total. The van der Waals surface area contributed by atoms with Crippen LogP contribution >= 0.6 is 0 Å². The molecule has 1 aromatic rings. The number of amides is 2. The first-order valence-electron chi connectivity index (χ1n) is 8.16. The standard InChI is InChI=1S/C17H23F3N2O2/c1-11(10-12-4-2-3-5-15(12)17(18,19)20)21-16(24)22-13-6-8-14(23)9-7-13/h2-5,11,13-14,23H,6-10H2,1H3,(H2,21,22,24). The van der Waals surface area contributed by atoms with Gasteiger partial charge in [-0.05, 0) is 50.7 Å². The number of hydrogen-bond acceptors (Lipinski definition) is 2. The lowest BCUT2D eigenvalue weighted by Gasteiger charge is -2.27. The first kappa shape index (κ1) is 18.6. The third-order valence-electron chi connectivity index (χ3n) is 4.26. The predicted molar refractivity (Wildman–Crippen MR) is 84.5 cm³/mol. The van der Waals surface area contributed by atoms with Crippen LogP contribution in [0.4, 0.5) is 18.0 Å². The Balaban J connectivity index is 1.87. The van der Waals surface area contributed by atoms with Crippen molar-refractivity contribution in [3.05, 3.63) is 35.4 Å². The number of halogens is 3. The lowest BCUT2D eigenvalue weighted by molar-refractivity contribution is -0.138. The molecule has 1 aliphatic carbocycles.